The Kier molecular flexibility index (Phi) is 5.83. The molecule has 0 unspecified atom stereocenters. The van der Waals surface area contributed by atoms with E-state index in [0.29, 0.717) is 17.3 Å². The van der Waals surface area contributed by atoms with E-state index in [4.69, 9.17) is 11.6 Å². The zero-order chi connectivity index (χ0) is 14.6. The highest BCUT2D eigenvalue weighted by Crippen LogP contribution is 2.25. The first-order valence-electron chi connectivity index (χ1n) is 6.52. The van der Waals surface area contributed by atoms with Gasteiger partial charge in [0.1, 0.15) is 0 Å². The molecule has 108 valence electrons. The summed E-state index contributed by atoms with van der Waals surface area (Å²) in [5.74, 6) is 0.324. The van der Waals surface area contributed by atoms with Crippen molar-refractivity contribution in [2.75, 3.05) is 6.54 Å². The van der Waals surface area contributed by atoms with Gasteiger partial charge in [-0.2, -0.15) is 4.31 Å². The van der Waals surface area contributed by atoms with Gasteiger partial charge in [0.05, 0.1) is 4.90 Å². The van der Waals surface area contributed by atoms with Crippen molar-refractivity contribution in [3.63, 3.8) is 0 Å². The van der Waals surface area contributed by atoms with Gasteiger partial charge in [0.2, 0.25) is 10.0 Å². The van der Waals surface area contributed by atoms with E-state index < -0.39 is 10.0 Å². The SMILES string of the molecule is CCCN(C(C)C)S(=O)(=O)c1cccc(CCl)c1C. The average Bonchev–Trinajstić information content (AvgIpc) is 2.35. The van der Waals surface area contributed by atoms with Crippen molar-refractivity contribution < 1.29 is 8.42 Å². The van der Waals surface area contributed by atoms with E-state index in [1.165, 1.54) is 0 Å². The first-order chi connectivity index (χ1) is 8.86. The van der Waals surface area contributed by atoms with Crippen LogP contribution in [0.25, 0.3) is 0 Å². The fourth-order valence-corrected chi connectivity index (χ4v) is 4.38. The van der Waals surface area contributed by atoms with Crippen molar-refractivity contribution >= 4 is 21.6 Å². The molecular formula is C14H22ClNO2S. The lowest BCUT2D eigenvalue weighted by Gasteiger charge is -2.26. The second-order valence-electron chi connectivity index (χ2n) is 4.88. The summed E-state index contributed by atoms with van der Waals surface area (Å²) in [6.45, 7) is 8.12. The molecule has 0 bridgehead atoms. The Morgan fingerprint density at radius 1 is 1.32 bits per heavy atom. The third-order valence-corrected chi connectivity index (χ3v) is 5.65. The van der Waals surface area contributed by atoms with E-state index in [9.17, 15) is 8.42 Å². The van der Waals surface area contributed by atoms with Gasteiger partial charge in [-0.15, -0.1) is 11.6 Å². The first-order valence-corrected chi connectivity index (χ1v) is 8.50. The number of hydrogen-bond acceptors (Lipinski definition) is 2. The van der Waals surface area contributed by atoms with Gasteiger partial charge in [-0.1, -0.05) is 19.1 Å². The normalized spacial score (nSPS) is 12.4. The van der Waals surface area contributed by atoms with E-state index in [2.05, 4.69) is 0 Å². The fraction of sp³-hybridized carbons (Fsp3) is 0.571. The van der Waals surface area contributed by atoms with Crippen LogP contribution in [0.1, 0.15) is 38.3 Å². The predicted octanol–water partition coefficient (Wildman–Crippen LogP) is 3.54. The molecule has 0 spiro atoms. The Morgan fingerprint density at radius 2 is 1.95 bits per heavy atom. The number of sulfonamides is 1. The summed E-state index contributed by atoms with van der Waals surface area (Å²) < 4.78 is 27.0. The molecule has 0 heterocycles. The van der Waals surface area contributed by atoms with E-state index in [1.807, 2.05) is 33.8 Å². The predicted molar refractivity (Wildman–Crippen MR) is 80.1 cm³/mol. The third kappa shape index (κ3) is 3.50. The maximum Gasteiger partial charge on any atom is 0.243 e. The molecule has 0 saturated carbocycles. The minimum absolute atomic E-state index is 0.0518. The van der Waals surface area contributed by atoms with Gasteiger partial charge in [-0.25, -0.2) is 8.42 Å². The Labute approximate surface area is 121 Å². The van der Waals surface area contributed by atoms with E-state index in [-0.39, 0.29) is 6.04 Å². The second kappa shape index (κ2) is 6.73. The molecule has 0 amide bonds. The van der Waals surface area contributed by atoms with Crippen LogP contribution in [-0.4, -0.2) is 25.3 Å². The summed E-state index contributed by atoms with van der Waals surface area (Å²) in [4.78, 5) is 0.368. The van der Waals surface area contributed by atoms with Gasteiger partial charge in [0.25, 0.3) is 0 Å². The second-order valence-corrected chi connectivity index (χ2v) is 7.01. The molecule has 0 atom stereocenters. The minimum Gasteiger partial charge on any atom is -0.207 e. The third-order valence-electron chi connectivity index (χ3n) is 3.15. The number of halogens is 1. The minimum atomic E-state index is -3.45. The zero-order valence-corrected chi connectivity index (χ0v) is 13.6. The Bertz CT molecular complexity index is 526. The number of benzene rings is 1. The van der Waals surface area contributed by atoms with Gasteiger partial charge in [-0.05, 0) is 44.4 Å². The van der Waals surface area contributed by atoms with Crippen molar-refractivity contribution in [2.24, 2.45) is 0 Å². The summed E-state index contributed by atoms with van der Waals surface area (Å²) in [5, 5.41) is 0. The van der Waals surface area contributed by atoms with Crippen LogP contribution in [-0.2, 0) is 15.9 Å². The zero-order valence-electron chi connectivity index (χ0n) is 12.0. The Balaban J connectivity index is 3.33. The molecule has 0 saturated heterocycles. The van der Waals surface area contributed by atoms with Gasteiger partial charge >= 0.3 is 0 Å². The fourth-order valence-electron chi connectivity index (χ4n) is 2.09. The number of nitrogens with zero attached hydrogens (tertiary/aromatic N) is 1. The molecular weight excluding hydrogens is 282 g/mol. The van der Waals surface area contributed by atoms with Crippen LogP contribution in [0.15, 0.2) is 23.1 Å². The lowest BCUT2D eigenvalue weighted by molar-refractivity contribution is 0.354. The number of alkyl halides is 1. The summed E-state index contributed by atoms with van der Waals surface area (Å²) in [5.41, 5.74) is 1.61. The molecule has 1 aromatic carbocycles. The van der Waals surface area contributed by atoms with Crippen LogP contribution in [0.5, 0.6) is 0 Å². The molecule has 0 aliphatic carbocycles. The molecule has 1 aromatic rings. The smallest absolute Gasteiger partial charge is 0.207 e. The van der Waals surface area contributed by atoms with Gasteiger partial charge in [0.15, 0.2) is 0 Å². The maximum absolute atomic E-state index is 12.7. The topological polar surface area (TPSA) is 37.4 Å². The molecule has 1 rings (SSSR count). The molecule has 0 aliphatic heterocycles. The molecule has 0 aromatic heterocycles. The molecule has 5 heteroatoms. The molecule has 0 fully saturated rings. The van der Waals surface area contributed by atoms with Crippen LogP contribution in [0.4, 0.5) is 0 Å². The van der Waals surface area contributed by atoms with Crippen LogP contribution in [0.3, 0.4) is 0 Å². The lowest BCUT2D eigenvalue weighted by Crippen LogP contribution is -2.37. The van der Waals surface area contributed by atoms with Crippen molar-refractivity contribution in [1.82, 2.24) is 4.31 Å². The summed E-state index contributed by atoms with van der Waals surface area (Å²) >= 11 is 5.85. The number of rotatable bonds is 6. The van der Waals surface area contributed by atoms with Crippen molar-refractivity contribution in [3.05, 3.63) is 29.3 Å². The highest BCUT2D eigenvalue weighted by atomic mass is 35.5. The summed E-state index contributed by atoms with van der Waals surface area (Å²) in [6.07, 6.45) is 0.797. The van der Waals surface area contributed by atoms with Crippen molar-refractivity contribution in [1.29, 1.82) is 0 Å². The Morgan fingerprint density at radius 3 is 2.42 bits per heavy atom. The van der Waals surface area contributed by atoms with Gasteiger partial charge < -0.3 is 0 Å². The highest BCUT2D eigenvalue weighted by Gasteiger charge is 2.28. The quantitative estimate of drug-likeness (QED) is 0.754. The largest absolute Gasteiger partial charge is 0.243 e. The molecule has 0 aliphatic rings. The van der Waals surface area contributed by atoms with Gasteiger partial charge in [-0.3, -0.25) is 0 Å². The molecule has 19 heavy (non-hydrogen) atoms. The average molecular weight is 304 g/mol. The van der Waals surface area contributed by atoms with E-state index in [0.717, 1.165) is 17.5 Å². The van der Waals surface area contributed by atoms with Crippen LogP contribution >= 0.6 is 11.6 Å². The molecule has 0 radical (unpaired) electrons. The highest BCUT2D eigenvalue weighted by molar-refractivity contribution is 7.89. The van der Waals surface area contributed by atoms with Crippen molar-refractivity contribution in [3.8, 4) is 0 Å². The van der Waals surface area contributed by atoms with Crippen LogP contribution in [0, 0.1) is 6.92 Å². The van der Waals surface area contributed by atoms with E-state index >= 15 is 0 Å². The molecule has 0 N–H and O–H groups in total. The first kappa shape index (κ1) is 16.5. The lowest BCUT2D eigenvalue weighted by atomic mass is 10.1. The maximum atomic E-state index is 12.7. The summed E-state index contributed by atoms with van der Waals surface area (Å²) in [6, 6.07) is 5.22. The number of hydrogen-bond donors (Lipinski definition) is 0. The van der Waals surface area contributed by atoms with Crippen LogP contribution in [0.2, 0.25) is 0 Å². The standard InChI is InChI=1S/C14H22ClNO2S/c1-5-9-16(11(2)3)19(17,18)14-8-6-7-13(10-15)12(14)4/h6-8,11H,5,9-10H2,1-4H3. The summed E-state index contributed by atoms with van der Waals surface area (Å²) in [7, 11) is -3.45. The monoisotopic (exact) mass is 303 g/mol. The van der Waals surface area contributed by atoms with E-state index in [1.54, 1.807) is 16.4 Å². The van der Waals surface area contributed by atoms with Gasteiger partial charge in [0, 0.05) is 18.5 Å². The van der Waals surface area contributed by atoms with Crippen molar-refractivity contribution in [2.45, 2.75) is 50.9 Å². The molecule has 3 nitrogen and oxygen atoms in total. The Hall–Kier alpha value is -0.580. The van der Waals surface area contributed by atoms with Crippen LogP contribution < -0.4 is 0 Å².